The molecule has 33 heavy (non-hydrogen) atoms. The van der Waals surface area contributed by atoms with E-state index >= 15 is 0 Å². The predicted octanol–water partition coefficient (Wildman–Crippen LogP) is 6.06. The van der Waals surface area contributed by atoms with Gasteiger partial charge in [-0.25, -0.2) is 9.78 Å². The molecule has 0 saturated heterocycles. The van der Waals surface area contributed by atoms with Crippen LogP contribution in [0.25, 0.3) is 0 Å². The smallest absolute Gasteiger partial charge is 0.359 e. The number of imidazole rings is 1. The number of carbonyl (C=O) groups excluding carboxylic acids is 1. The fourth-order valence-electron chi connectivity index (χ4n) is 7.94. The predicted molar refractivity (Wildman–Crippen MR) is 126 cm³/mol. The van der Waals surface area contributed by atoms with Crippen LogP contribution in [0.2, 0.25) is 0 Å². The monoisotopic (exact) mass is 448 g/mol. The maximum absolute atomic E-state index is 13.3. The van der Waals surface area contributed by atoms with Gasteiger partial charge in [-0.15, -0.1) is 0 Å². The molecule has 0 spiro atoms. The molecule has 1 aromatic carbocycles. The summed E-state index contributed by atoms with van der Waals surface area (Å²) in [5.41, 5.74) is 1.78. The molecule has 5 aliphatic carbocycles. The zero-order chi connectivity index (χ0) is 22.4. The minimum absolute atomic E-state index is 0.112. The topological polar surface area (TPSA) is 75.2 Å². The van der Waals surface area contributed by atoms with Gasteiger partial charge < -0.3 is 14.8 Å². The summed E-state index contributed by atoms with van der Waals surface area (Å²) in [4.78, 5) is 21.5. The van der Waals surface area contributed by atoms with Crippen LogP contribution < -0.4 is 0 Å². The van der Waals surface area contributed by atoms with Gasteiger partial charge in [-0.1, -0.05) is 49.6 Å². The number of hydrogen-bond acceptors (Lipinski definition) is 4. The molecule has 1 atom stereocenters. The number of nitrogens with one attached hydrogen (secondary N) is 1. The Balaban J connectivity index is 1.30. The van der Waals surface area contributed by atoms with Crippen molar-refractivity contribution in [2.45, 2.75) is 89.3 Å². The number of aromatic nitrogens is 2. The first-order valence-corrected chi connectivity index (χ1v) is 13.1. The summed E-state index contributed by atoms with van der Waals surface area (Å²) < 4.78 is 5.69. The first-order valence-electron chi connectivity index (χ1n) is 13.1. The molecular weight excluding hydrogens is 412 g/mol. The van der Waals surface area contributed by atoms with E-state index in [1.54, 1.807) is 0 Å². The Hall–Kier alpha value is -2.14. The highest BCUT2D eigenvalue weighted by atomic mass is 16.5. The largest absolute Gasteiger partial charge is 0.456 e. The van der Waals surface area contributed by atoms with Crippen LogP contribution in [0, 0.1) is 23.2 Å². The number of ether oxygens (including phenoxy) is 1. The van der Waals surface area contributed by atoms with E-state index in [-0.39, 0.29) is 12.0 Å². The maximum atomic E-state index is 13.3. The van der Waals surface area contributed by atoms with Crippen LogP contribution in [-0.4, -0.2) is 21.0 Å². The number of hydrogen-bond donors (Lipinski definition) is 2. The molecule has 5 fully saturated rings. The summed E-state index contributed by atoms with van der Waals surface area (Å²) in [7, 11) is 0. The van der Waals surface area contributed by atoms with E-state index in [0.717, 1.165) is 61.2 Å². The van der Waals surface area contributed by atoms with E-state index in [0.29, 0.717) is 17.3 Å². The minimum atomic E-state index is -0.671. The Morgan fingerprint density at radius 1 is 1.03 bits per heavy atom. The molecule has 1 unspecified atom stereocenters. The number of benzene rings is 1. The quantitative estimate of drug-likeness (QED) is 0.526. The number of nitrogens with zero attached hydrogens (tertiary/aromatic N) is 1. The Labute approximate surface area is 196 Å². The van der Waals surface area contributed by atoms with Crippen LogP contribution in [0.5, 0.6) is 0 Å². The highest BCUT2D eigenvalue weighted by molar-refractivity contribution is 5.88. The van der Waals surface area contributed by atoms with Gasteiger partial charge in [0.25, 0.3) is 0 Å². The number of rotatable bonds is 6. The third-order valence-electron chi connectivity index (χ3n) is 9.09. The number of aliphatic hydroxyl groups is 1. The Morgan fingerprint density at radius 3 is 2.30 bits per heavy atom. The van der Waals surface area contributed by atoms with Crippen LogP contribution in [0.15, 0.2) is 30.3 Å². The first kappa shape index (κ1) is 21.4. The molecule has 1 aromatic heterocycles. The molecule has 0 radical (unpaired) electrons. The summed E-state index contributed by atoms with van der Waals surface area (Å²) in [5.74, 6) is 3.01. The molecule has 0 aliphatic heterocycles. The third-order valence-corrected chi connectivity index (χ3v) is 9.09. The van der Waals surface area contributed by atoms with Crippen molar-refractivity contribution in [2.24, 2.45) is 23.2 Å². The van der Waals surface area contributed by atoms with Gasteiger partial charge in [-0.2, -0.15) is 0 Å². The average Bonchev–Trinajstić information content (AvgIpc) is 3.28. The number of esters is 1. The number of H-pyrrole nitrogens is 1. The molecule has 0 amide bonds. The van der Waals surface area contributed by atoms with Crippen molar-refractivity contribution in [3.8, 4) is 0 Å². The number of aliphatic hydroxyl groups excluding tert-OH is 1. The highest BCUT2D eigenvalue weighted by Crippen LogP contribution is 2.64. The van der Waals surface area contributed by atoms with Crippen molar-refractivity contribution < 1.29 is 14.6 Å². The van der Waals surface area contributed by atoms with Gasteiger partial charge >= 0.3 is 5.97 Å². The van der Waals surface area contributed by atoms with Gasteiger partial charge in [0.15, 0.2) is 5.69 Å². The molecule has 2 aromatic rings. The highest BCUT2D eigenvalue weighted by Gasteiger charge is 2.55. The van der Waals surface area contributed by atoms with E-state index in [1.807, 2.05) is 30.3 Å². The Bertz CT molecular complexity index is 957. The van der Waals surface area contributed by atoms with E-state index in [9.17, 15) is 9.90 Å². The summed E-state index contributed by atoms with van der Waals surface area (Å²) in [6.07, 6.45) is 12.4. The fourth-order valence-corrected chi connectivity index (χ4v) is 7.94. The van der Waals surface area contributed by atoms with Crippen molar-refractivity contribution >= 4 is 5.97 Å². The molecule has 5 nitrogen and oxygen atoms in total. The van der Waals surface area contributed by atoms with Gasteiger partial charge in [0.05, 0.1) is 5.69 Å². The number of aromatic amines is 1. The second kappa shape index (κ2) is 8.57. The Morgan fingerprint density at radius 2 is 1.67 bits per heavy atom. The van der Waals surface area contributed by atoms with Crippen molar-refractivity contribution in [3.63, 3.8) is 0 Å². The normalized spacial score (nSPS) is 32.1. The zero-order valence-electron chi connectivity index (χ0n) is 19.5. The molecule has 5 saturated carbocycles. The summed E-state index contributed by atoms with van der Waals surface area (Å²) in [5, 5.41) is 11.8. The van der Waals surface area contributed by atoms with Crippen molar-refractivity contribution in [3.05, 3.63) is 53.1 Å². The van der Waals surface area contributed by atoms with E-state index < -0.39 is 12.1 Å². The lowest BCUT2D eigenvalue weighted by molar-refractivity contribution is -0.123. The zero-order valence-corrected chi connectivity index (χ0v) is 19.5. The van der Waals surface area contributed by atoms with Crippen LogP contribution in [0.4, 0.5) is 0 Å². The van der Waals surface area contributed by atoms with Crippen molar-refractivity contribution in [1.82, 2.24) is 9.97 Å². The SMILES string of the molecule is O=C(OCc1ccccc1)c1nc(C2CCCCC2)[nH]c1C(O)C12CC3CC(CC(C3)C1)C2. The summed E-state index contributed by atoms with van der Waals surface area (Å²) in [6, 6.07) is 9.75. The van der Waals surface area contributed by atoms with Crippen molar-refractivity contribution in [1.29, 1.82) is 0 Å². The molecule has 4 bridgehead atoms. The van der Waals surface area contributed by atoms with E-state index in [1.165, 1.54) is 38.5 Å². The van der Waals surface area contributed by atoms with Crippen molar-refractivity contribution in [2.75, 3.05) is 0 Å². The van der Waals surface area contributed by atoms with Crippen LogP contribution in [0.3, 0.4) is 0 Å². The summed E-state index contributed by atoms with van der Waals surface area (Å²) >= 11 is 0. The molecule has 176 valence electrons. The first-order chi connectivity index (χ1) is 16.1. The van der Waals surface area contributed by atoms with Crippen LogP contribution in [0.1, 0.15) is 110 Å². The van der Waals surface area contributed by atoms with Gasteiger partial charge in [-0.3, -0.25) is 0 Å². The van der Waals surface area contributed by atoms with Gasteiger partial charge in [0.1, 0.15) is 18.5 Å². The lowest BCUT2D eigenvalue weighted by Crippen LogP contribution is -2.49. The molecule has 1 heterocycles. The average molecular weight is 449 g/mol. The Kier molecular flexibility index (Phi) is 5.56. The van der Waals surface area contributed by atoms with Crippen LogP contribution >= 0.6 is 0 Å². The lowest BCUT2D eigenvalue weighted by atomic mass is 9.48. The standard InChI is InChI=1S/C28H36N2O3/c31-25(28-14-19-11-20(15-28)13-21(12-19)16-28)23-24(27(32)33-17-18-7-3-1-4-8-18)30-26(29-23)22-9-5-2-6-10-22/h1,3-4,7-8,19-22,25,31H,2,5-6,9-17H2,(H,29,30). The maximum Gasteiger partial charge on any atom is 0.359 e. The molecule has 5 aliphatic rings. The minimum Gasteiger partial charge on any atom is -0.456 e. The lowest BCUT2D eigenvalue weighted by Gasteiger charge is -2.58. The van der Waals surface area contributed by atoms with Gasteiger partial charge in [-0.05, 0) is 74.7 Å². The van der Waals surface area contributed by atoms with Gasteiger partial charge in [0, 0.05) is 11.3 Å². The van der Waals surface area contributed by atoms with E-state index in [4.69, 9.17) is 9.72 Å². The van der Waals surface area contributed by atoms with E-state index in [2.05, 4.69) is 4.98 Å². The number of carbonyl (C=O) groups is 1. The second-order valence-corrected chi connectivity index (χ2v) is 11.5. The van der Waals surface area contributed by atoms with Crippen LogP contribution in [-0.2, 0) is 11.3 Å². The molecular formula is C28H36N2O3. The molecule has 5 heteroatoms. The fraction of sp³-hybridized carbons (Fsp3) is 0.643. The van der Waals surface area contributed by atoms with Gasteiger partial charge in [0.2, 0.25) is 0 Å². The third kappa shape index (κ3) is 4.03. The molecule has 2 N–H and O–H groups in total. The summed E-state index contributed by atoms with van der Waals surface area (Å²) in [6.45, 7) is 0.220. The molecule has 7 rings (SSSR count). The second-order valence-electron chi connectivity index (χ2n) is 11.5.